The van der Waals surface area contributed by atoms with Gasteiger partial charge in [0.25, 0.3) is 0 Å². The quantitative estimate of drug-likeness (QED) is 0.610. The van der Waals surface area contributed by atoms with Crippen LogP contribution in [0.5, 0.6) is 0 Å². The van der Waals surface area contributed by atoms with Gasteiger partial charge in [-0.15, -0.1) is 5.10 Å². The topological polar surface area (TPSA) is 33.1 Å². The largest absolute Gasteiger partial charge is 0.330 e. The third kappa shape index (κ3) is 4.75. The lowest BCUT2D eigenvalue weighted by Gasteiger charge is -2.16. The maximum Gasteiger partial charge on any atom is 0.209 e. The molecule has 25 heavy (non-hydrogen) atoms. The van der Waals surface area contributed by atoms with Crippen molar-refractivity contribution in [3.8, 4) is 0 Å². The minimum Gasteiger partial charge on any atom is -0.330 e. The van der Waals surface area contributed by atoms with Gasteiger partial charge in [0.05, 0.1) is 6.67 Å². The first-order chi connectivity index (χ1) is 12.0. The summed E-state index contributed by atoms with van der Waals surface area (Å²) in [7, 11) is 2.08. The molecule has 0 saturated heterocycles. The summed E-state index contributed by atoms with van der Waals surface area (Å²) in [6.45, 7) is 5.71. The molecule has 0 aliphatic heterocycles. The second-order valence-corrected chi connectivity index (χ2v) is 7.88. The summed E-state index contributed by atoms with van der Waals surface area (Å²) >= 11 is 6.97. The molecule has 6 heteroatoms. The van der Waals surface area contributed by atoms with E-state index in [-0.39, 0.29) is 0 Å². The lowest BCUT2D eigenvalue weighted by molar-refractivity contribution is 0.245. The second kappa shape index (κ2) is 7.91. The highest BCUT2D eigenvalue weighted by molar-refractivity contribution is 7.73. The van der Waals surface area contributed by atoms with Crippen LogP contribution < -0.4 is 5.32 Å². The van der Waals surface area contributed by atoms with Crippen LogP contribution in [0.3, 0.4) is 0 Å². The monoisotopic (exact) mass is 370 g/mol. The molecule has 0 saturated carbocycles. The lowest BCUT2D eigenvalue weighted by atomic mass is 10.1. The molecule has 0 fully saturated rings. The fourth-order valence-electron chi connectivity index (χ4n) is 2.56. The van der Waals surface area contributed by atoms with Crippen LogP contribution in [0.4, 0.5) is 10.8 Å². The van der Waals surface area contributed by atoms with Gasteiger partial charge >= 0.3 is 0 Å². The number of hydrogen-bond acceptors (Lipinski definition) is 5. The van der Waals surface area contributed by atoms with Crippen LogP contribution in [0.15, 0.2) is 48.5 Å². The standard InChI is InChI=1S/C19H22N4S2/c1-14-8-10-16(11-9-14)12-22(3)13-23-19(24)25-18(21-23)20-17-7-5-4-6-15(17)2/h4-11H,12-13H2,1-3H3,(H,20,21). The molecule has 0 spiro atoms. The van der Waals surface area contributed by atoms with E-state index in [2.05, 4.69) is 66.5 Å². The zero-order chi connectivity index (χ0) is 17.8. The lowest BCUT2D eigenvalue weighted by Crippen LogP contribution is -2.22. The predicted molar refractivity (Wildman–Crippen MR) is 108 cm³/mol. The maximum atomic E-state index is 5.47. The van der Waals surface area contributed by atoms with Gasteiger partial charge in [-0.25, -0.2) is 4.68 Å². The number of benzene rings is 2. The number of aromatic nitrogens is 2. The molecule has 130 valence electrons. The van der Waals surface area contributed by atoms with Crippen molar-refractivity contribution in [2.24, 2.45) is 0 Å². The first kappa shape index (κ1) is 17.8. The molecule has 0 amide bonds. The van der Waals surface area contributed by atoms with Gasteiger partial charge in [0.1, 0.15) is 0 Å². The van der Waals surface area contributed by atoms with Gasteiger partial charge in [0.15, 0.2) is 3.95 Å². The van der Waals surface area contributed by atoms with Crippen LogP contribution >= 0.6 is 23.6 Å². The molecule has 0 radical (unpaired) electrons. The van der Waals surface area contributed by atoms with Crippen LogP contribution in [0.1, 0.15) is 16.7 Å². The Morgan fingerprint density at radius 1 is 1.12 bits per heavy atom. The van der Waals surface area contributed by atoms with Gasteiger partial charge in [0, 0.05) is 12.2 Å². The molecule has 1 aromatic heterocycles. The van der Waals surface area contributed by atoms with Gasteiger partial charge in [-0.3, -0.25) is 4.90 Å². The van der Waals surface area contributed by atoms with E-state index in [0.29, 0.717) is 6.67 Å². The van der Waals surface area contributed by atoms with E-state index < -0.39 is 0 Å². The Balaban J connectivity index is 1.67. The summed E-state index contributed by atoms with van der Waals surface area (Å²) < 4.78 is 2.64. The second-order valence-electron chi connectivity index (χ2n) is 6.25. The molecular formula is C19H22N4S2. The number of hydrogen-bond donors (Lipinski definition) is 1. The number of nitrogens with one attached hydrogen (secondary N) is 1. The van der Waals surface area contributed by atoms with Crippen LogP contribution in [0.2, 0.25) is 0 Å². The van der Waals surface area contributed by atoms with Gasteiger partial charge in [0.2, 0.25) is 5.13 Å². The smallest absolute Gasteiger partial charge is 0.209 e. The molecule has 0 bridgehead atoms. The zero-order valence-corrected chi connectivity index (χ0v) is 16.3. The van der Waals surface area contributed by atoms with Gasteiger partial charge < -0.3 is 5.32 Å². The number of aryl methyl sites for hydroxylation is 2. The Bertz CT molecular complexity index is 896. The molecule has 0 aliphatic carbocycles. The highest BCUT2D eigenvalue weighted by Crippen LogP contribution is 2.23. The van der Waals surface area contributed by atoms with E-state index >= 15 is 0 Å². The molecule has 1 N–H and O–H groups in total. The Hall–Kier alpha value is -2.02. The molecule has 2 aromatic carbocycles. The summed E-state index contributed by atoms with van der Waals surface area (Å²) in [5, 5.41) is 8.81. The molecule has 3 rings (SSSR count). The average Bonchev–Trinajstić information content (AvgIpc) is 2.91. The van der Waals surface area contributed by atoms with Crippen molar-refractivity contribution in [3.63, 3.8) is 0 Å². The van der Waals surface area contributed by atoms with E-state index in [1.165, 1.54) is 28.0 Å². The van der Waals surface area contributed by atoms with E-state index in [4.69, 9.17) is 12.2 Å². The Morgan fingerprint density at radius 2 is 1.84 bits per heavy atom. The Labute approximate surface area is 157 Å². The fraction of sp³-hybridized carbons (Fsp3) is 0.263. The summed E-state index contributed by atoms with van der Waals surface area (Å²) in [6.07, 6.45) is 0. The molecule has 0 aliphatic rings. The number of rotatable bonds is 6. The molecule has 3 aromatic rings. The number of para-hydroxylation sites is 1. The minimum absolute atomic E-state index is 0.665. The molecule has 0 atom stereocenters. The van der Waals surface area contributed by atoms with Crippen molar-refractivity contribution in [1.29, 1.82) is 0 Å². The summed E-state index contributed by atoms with van der Waals surface area (Å²) in [4.78, 5) is 2.21. The molecule has 4 nitrogen and oxygen atoms in total. The SMILES string of the molecule is Cc1ccc(CN(C)Cn2nc(Nc3ccccc3C)sc2=S)cc1. The van der Waals surface area contributed by atoms with Crippen molar-refractivity contribution < 1.29 is 0 Å². The van der Waals surface area contributed by atoms with Crippen molar-refractivity contribution in [1.82, 2.24) is 14.7 Å². The minimum atomic E-state index is 0.665. The van der Waals surface area contributed by atoms with E-state index in [1.54, 1.807) is 0 Å². The van der Waals surface area contributed by atoms with Crippen molar-refractivity contribution >= 4 is 34.4 Å². The Morgan fingerprint density at radius 3 is 2.56 bits per heavy atom. The van der Waals surface area contributed by atoms with Gasteiger partial charge in [-0.2, -0.15) is 0 Å². The summed E-state index contributed by atoms with van der Waals surface area (Å²) in [5.41, 5.74) is 4.81. The molecule has 1 heterocycles. The predicted octanol–water partition coefficient (Wildman–Crippen LogP) is 5.12. The van der Waals surface area contributed by atoms with Crippen LogP contribution in [-0.4, -0.2) is 21.7 Å². The van der Waals surface area contributed by atoms with Crippen LogP contribution in [0, 0.1) is 17.8 Å². The van der Waals surface area contributed by atoms with Crippen LogP contribution in [-0.2, 0) is 13.2 Å². The highest BCUT2D eigenvalue weighted by atomic mass is 32.1. The van der Waals surface area contributed by atoms with Crippen molar-refractivity contribution in [2.75, 3.05) is 12.4 Å². The Kier molecular flexibility index (Phi) is 5.63. The third-order valence-electron chi connectivity index (χ3n) is 3.94. The first-order valence-electron chi connectivity index (χ1n) is 8.16. The van der Waals surface area contributed by atoms with Crippen molar-refractivity contribution in [2.45, 2.75) is 27.1 Å². The molecular weight excluding hydrogens is 348 g/mol. The average molecular weight is 371 g/mol. The summed E-state index contributed by atoms with van der Waals surface area (Å²) in [6, 6.07) is 16.8. The first-order valence-corrected chi connectivity index (χ1v) is 9.38. The van der Waals surface area contributed by atoms with Gasteiger partial charge in [-0.05, 0) is 50.3 Å². The van der Waals surface area contributed by atoms with E-state index in [9.17, 15) is 0 Å². The highest BCUT2D eigenvalue weighted by Gasteiger charge is 2.08. The summed E-state index contributed by atoms with van der Waals surface area (Å²) in [5.74, 6) is 0. The molecule has 0 unspecified atom stereocenters. The van der Waals surface area contributed by atoms with Crippen molar-refractivity contribution in [3.05, 3.63) is 69.2 Å². The van der Waals surface area contributed by atoms with E-state index in [0.717, 1.165) is 21.3 Å². The van der Waals surface area contributed by atoms with Crippen LogP contribution in [0.25, 0.3) is 0 Å². The maximum absolute atomic E-state index is 5.47. The third-order valence-corrected chi connectivity index (χ3v) is 5.16. The zero-order valence-electron chi connectivity index (χ0n) is 14.7. The fourth-order valence-corrected chi connectivity index (χ4v) is 3.56. The van der Waals surface area contributed by atoms with Gasteiger partial charge in [-0.1, -0.05) is 59.4 Å². The number of anilines is 2. The number of nitrogens with zero attached hydrogens (tertiary/aromatic N) is 3. The normalized spacial score (nSPS) is 11.0. The van der Waals surface area contributed by atoms with E-state index in [1.807, 2.05) is 22.9 Å².